The third-order valence-corrected chi connectivity index (χ3v) is 21.6. The van der Waals surface area contributed by atoms with Gasteiger partial charge in [-0.1, -0.05) is 230 Å². The van der Waals surface area contributed by atoms with Gasteiger partial charge in [0, 0.05) is 21.7 Å². The van der Waals surface area contributed by atoms with Gasteiger partial charge in [-0.3, -0.25) is 0 Å². The molecule has 4 aliphatic rings. The highest BCUT2D eigenvalue weighted by Gasteiger charge is 2.44. The molecule has 0 spiro atoms. The van der Waals surface area contributed by atoms with Crippen LogP contribution in [0.4, 0.5) is 0 Å². The molecule has 0 N–H and O–H groups in total. The Morgan fingerprint density at radius 1 is 0.238 bits per heavy atom. The molecule has 0 saturated heterocycles. The van der Waals surface area contributed by atoms with E-state index in [4.69, 9.17) is 0 Å². The van der Waals surface area contributed by atoms with E-state index in [1.165, 1.54) is 156 Å². The van der Waals surface area contributed by atoms with Crippen molar-refractivity contribution < 1.29 is 0 Å². The molecule has 0 nitrogen and oxygen atoms in total. The Morgan fingerprint density at radius 3 is 0.774 bits per heavy atom. The van der Waals surface area contributed by atoms with Gasteiger partial charge in [-0.2, -0.15) is 0 Å². The summed E-state index contributed by atoms with van der Waals surface area (Å²) in [4.78, 5) is 0. The summed E-state index contributed by atoms with van der Waals surface area (Å²) in [6.45, 7) is 33.3. The molecule has 0 amide bonds. The molecule has 0 heteroatoms. The van der Waals surface area contributed by atoms with Crippen LogP contribution in [0.5, 0.6) is 0 Å². The Morgan fingerprint density at radius 2 is 0.476 bits per heavy atom. The van der Waals surface area contributed by atoms with Crippen LogP contribution in [0.15, 0.2) is 194 Å². The summed E-state index contributed by atoms with van der Waals surface area (Å²) in [6, 6.07) is 77.2. The lowest BCUT2D eigenvalue weighted by atomic mass is 9.72. The van der Waals surface area contributed by atoms with Crippen LogP contribution >= 0.6 is 0 Å². The number of hydrogen-bond acceptors (Lipinski definition) is 0. The number of rotatable bonds is 9. The largest absolute Gasteiger partial charge is 0.0642 e. The zero-order chi connectivity index (χ0) is 58.6. The molecule has 0 fully saturated rings. The molecule has 10 aromatic rings. The molecule has 0 bridgehead atoms. The molecular formula is C84H82. The van der Waals surface area contributed by atoms with Crippen molar-refractivity contribution in [3.63, 3.8) is 0 Å². The maximum atomic E-state index is 2.58. The molecule has 0 radical (unpaired) electrons. The molecule has 418 valence electrons. The minimum absolute atomic E-state index is 0.0627. The second kappa shape index (κ2) is 18.9. The first kappa shape index (κ1) is 54.2. The van der Waals surface area contributed by atoms with Crippen molar-refractivity contribution >= 4 is 0 Å². The maximum absolute atomic E-state index is 2.58. The summed E-state index contributed by atoms with van der Waals surface area (Å²) in [5, 5.41) is 0. The van der Waals surface area contributed by atoms with Crippen molar-refractivity contribution in [3.05, 3.63) is 250 Å². The smallest absolute Gasteiger partial charge is 0.0210 e. The van der Waals surface area contributed by atoms with E-state index in [-0.39, 0.29) is 32.5 Å². The van der Waals surface area contributed by atoms with Crippen LogP contribution in [0.1, 0.15) is 178 Å². The van der Waals surface area contributed by atoms with Gasteiger partial charge in [-0.05, 0) is 253 Å². The Kier molecular flexibility index (Phi) is 12.2. The van der Waals surface area contributed by atoms with Crippen LogP contribution in [0.2, 0.25) is 0 Å². The Bertz CT molecular complexity index is 4090. The van der Waals surface area contributed by atoms with Crippen molar-refractivity contribution in [2.45, 2.75) is 155 Å². The normalized spacial score (nSPS) is 15.8. The molecule has 0 aliphatic heterocycles. The van der Waals surface area contributed by atoms with Crippen molar-refractivity contribution in [2.24, 2.45) is 0 Å². The number of fused-ring (bicyclic) bond motifs is 12. The first-order valence-corrected chi connectivity index (χ1v) is 31.5. The van der Waals surface area contributed by atoms with E-state index in [1.54, 1.807) is 0 Å². The predicted octanol–water partition coefficient (Wildman–Crippen LogP) is 23.4. The van der Waals surface area contributed by atoms with Gasteiger partial charge in [0.15, 0.2) is 0 Å². The molecule has 10 aromatic carbocycles. The quantitative estimate of drug-likeness (QED) is 0.135. The van der Waals surface area contributed by atoms with Crippen LogP contribution < -0.4 is 0 Å². The summed E-state index contributed by atoms with van der Waals surface area (Å²) < 4.78 is 0. The summed E-state index contributed by atoms with van der Waals surface area (Å²) >= 11 is 0. The molecule has 84 heavy (non-hydrogen) atoms. The van der Waals surface area contributed by atoms with Gasteiger partial charge in [0.25, 0.3) is 0 Å². The fraction of sp³-hybridized carbons (Fsp3) is 0.286. The lowest BCUT2D eigenvalue weighted by Gasteiger charge is -2.31. The van der Waals surface area contributed by atoms with Gasteiger partial charge in [0.2, 0.25) is 0 Å². The van der Waals surface area contributed by atoms with Crippen molar-refractivity contribution in [2.75, 3.05) is 0 Å². The molecular weight excluding hydrogens is 1010 g/mol. The Balaban J connectivity index is 0.989. The summed E-state index contributed by atoms with van der Waals surface area (Å²) in [5.74, 6) is 0. The van der Waals surface area contributed by atoms with Gasteiger partial charge < -0.3 is 0 Å². The monoisotopic (exact) mass is 1090 g/mol. The first-order valence-electron chi connectivity index (χ1n) is 31.5. The molecule has 14 rings (SSSR count). The van der Waals surface area contributed by atoms with Gasteiger partial charge in [-0.15, -0.1) is 0 Å². The first-order chi connectivity index (χ1) is 40.1. The summed E-state index contributed by atoms with van der Waals surface area (Å²) in [7, 11) is 0. The van der Waals surface area contributed by atoms with Gasteiger partial charge in [-0.25, -0.2) is 0 Å². The van der Waals surface area contributed by atoms with Crippen molar-refractivity contribution in [1.29, 1.82) is 0 Å². The van der Waals surface area contributed by atoms with Crippen LogP contribution in [0.25, 0.3) is 100 Å². The minimum Gasteiger partial charge on any atom is -0.0642 e. The average molecular weight is 1090 g/mol. The van der Waals surface area contributed by atoms with E-state index in [1.807, 2.05) is 0 Å². The zero-order valence-corrected chi connectivity index (χ0v) is 52.3. The van der Waals surface area contributed by atoms with E-state index in [9.17, 15) is 0 Å². The van der Waals surface area contributed by atoms with Crippen LogP contribution in [0.3, 0.4) is 0 Å². The predicted molar refractivity (Wildman–Crippen MR) is 360 cm³/mol. The van der Waals surface area contributed by atoms with Crippen LogP contribution in [-0.2, 0) is 32.5 Å². The highest BCUT2D eigenvalue weighted by molar-refractivity contribution is 5.93. The van der Waals surface area contributed by atoms with E-state index >= 15 is 0 Å². The van der Waals surface area contributed by atoms with E-state index in [2.05, 4.69) is 291 Å². The lowest BCUT2D eigenvalue weighted by molar-refractivity contribution is 0.488. The Labute approximate surface area is 502 Å². The van der Waals surface area contributed by atoms with Crippen molar-refractivity contribution in [1.82, 2.24) is 0 Å². The second-order valence-electron chi connectivity index (χ2n) is 28.6. The van der Waals surface area contributed by atoms with E-state index in [0.29, 0.717) is 0 Å². The highest BCUT2D eigenvalue weighted by Crippen LogP contribution is 2.58. The van der Waals surface area contributed by atoms with Crippen LogP contribution in [0, 0.1) is 0 Å². The van der Waals surface area contributed by atoms with Crippen LogP contribution in [-0.4, -0.2) is 0 Å². The maximum Gasteiger partial charge on any atom is 0.0210 e. The van der Waals surface area contributed by atoms with Gasteiger partial charge in [0.05, 0.1) is 0 Å². The van der Waals surface area contributed by atoms with E-state index in [0.717, 1.165) is 25.7 Å². The van der Waals surface area contributed by atoms with Gasteiger partial charge in [0.1, 0.15) is 0 Å². The average Bonchev–Trinajstić information content (AvgIpc) is 2.20. The standard InChI is InChI=1S/C84H82/c1-15-83(16-2)75-47-53(29-35-67(75)69-37-31-61(49-77(69)83)79(5,6)7)57-39-55(51-27-33-65-63-23-19-21-25-71(63)81(11,12)73(65)45-51)41-59(43-57)60-42-56(52-28-34-66-64-24-20-22-26-72(64)82(13,14)74(66)46-52)40-58(44-60)54-30-36-68-70-38-32-62(80(8,9)10)50-78(70)84(17-3,18-4)76(68)48-54/h19-50H,15-18H2,1-14H3. The fourth-order valence-corrected chi connectivity index (χ4v) is 16.3. The van der Waals surface area contributed by atoms with Crippen molar-refractivity contribution in [3.8, 4) is 100 Å². The fourth-order valence-electron chi connectivity index (χ4n) is 16.3. The molecule has 0 aromatic heterocycles. The summed E-state index contributed by atoms with van der Waals surface area (Å²) in [6.07, 6.45) is 4.19. The summed E-state index contributed by atoms with van der Waals surface area (Å²) in [5.41, 5.74) is 37.4. The molecule has 4 aliphatic carbocycles. The number of hydrogen-bond donors (Lipinski definition) is 0. The van der Waals surface area contributed by atoms with E-state index < -0.39 is 0 Å². The number of benzene rings is 10. The SMILES string of the molecule is CCC1(CC)c2cc(-c3cc(-c4cc(-c5ccc6c(c5)C(C)(C)c5ccccc5-6)cc(-c5ccc6c(c5)C(CC)(CC)c5cc(C(C)(C)C)ccc5-6)c4)cc(-c4ccc5c(c4)C(C)(C)c4ccccc4-5)c3)ccc2-c2ccc(C(C)(C)C)cc21. The molecule has 0 saturated carbocycles. The highest BCUT2D eigenvalue weighted by atomic mass is 14.5. The third-order valence-electron chi connectivity index (χ3n) is 21.6. The molecule has 0 unspecified atom stereocenters. The molecule has 0 heterocycles. The topological polar surface area (TPSA) is 0 Å². The zero-order valence-electron chi connectivity index (χ0n) is 52.3. The third kappa shape index (κ3) is 7.91. The molecule has 0 atom stereocenters. The van der Waals surface area contributed by atoms with Gasteiger partial charge >= 0.3 is 0 Å². The Hall–Kier alpha value is -7.80. The minimum atomic E-state index is -0.123. The lowest BCUT2D eigenvalue weighted by Crippen LogP contribution is -2.24. The second-order valence-corrected chi connectivity index (χ2v) is 28.6.